The molecule has 3 aromatic rings. The van der Waals surface area contributed by atoms with Gasteiger partial charge in [-0.25, -0.2) is 23.7 Å². The molecule has 1 aliphatic rings. The Morgan fingerprint density at radius 1 is 1.13 bits per heavy atom. The minimum absolute atomic E-state index is 0.230. The molecule has 1 aliphatic heterocycles. The molecule has 1 aromatic carbocycles. The summed E-state index contributed by atoms with van der Waals surface area (Å²) < 4.78 is 7.25. The van der Waals surface area contributed by atoms with Crippen molar-refractivity contribution in [2.45, 2.75) is 32.2 Å². The first-order valence-corrected chi connectivity index (χ1v) is 10.2. The third kappa shape index (κ3) is 4.27. The van der Waals surface area contributed by atoms with Gasteiger partial charge in [-0.3, -0.25) is 4.79 Å². The number of para-hydroxylation sites is 1. The van der Waals surface area contributed by atoms with E-state index < -0.39 is 17.6 Å². The number of hydrogen-bond acceptors (Lipinski definition) is 7. The van der Waals surface area contributed by atoms with Gasteiger partial charge in [0.05, 0.1) is 18.4 Å². The molecule has 1 N–H and O–H groups in total. The van der Waals surface area contributed by atoms with Gasteiger partial charge in [-0.15, -0.1) is 5.10 Å². The molecule has 0 unspecified atom stereocenters. The van der Waals surface area contributed by atoms with Gasteiger partial charge in [0.25, 0.3) is 0 Å². The lowest BCUT2D eigenvalue weighted by atomic mass is 10.2. The third-order valence-corrected chi connectivity index (χ3v) is 5.29. The molecule has 10 nitrogen and oxygen atoms in total. The number of anilines is 2. The summed E-state index contributed by atoms with van der Waals surface area (Å²) >= 11 is 0. The Hall–Kier alpha value is -3.69. The maximum Gasteiger partial charge on any atom is 0.350 e. The van der Waals surface area contributed by atoms with Crippen molar-refractivity contribution in [1.82, 2.24) is 19.2 Å². The van der Waals surface area contributed by atoms with Crippen LogP contribution in [-0.2, 0) is 16.1 Å². The molecular weight excluding hydrogens is 400 g/mol. The predicted octanol–water partition coefficient (Wildman–Crippen LogP) is 1.70. The molecule has 1 amide bonds. The minimum atomic E-state index is -0.561. The van der Waals surface area contributed by atoms with Gasteiger partial charge >= 0.3 is 11.7 Å². The maximum absolute atomic E-state index is 12.8. The average Bonchev–Trinajstić information content (AvgIpc) is 2.96. The van der Waals surface area contributed by atoms with E-state index in [0.29, 0.717) is 17.2 Å². The van der Waals surface area contributed by atoms with Crippen LogP contribution in [0.15, 0.2) is 41.5 Å². The molecule has 1 fully saturated rings. The van der Waals surface area contributed by atoms with Gasteiger partial charge in [0.15, 0.2) is 5.82 Å². The lowest BCUT2D eigenvalue weighted by Gasteiger charge is -2.20. The molecule has 4 rings (SSSR count). The second kappa shape index (κ2) is 8.99. The largest absolute Gasteiger partial charge is 0.465 e. The summed E-state index contributed by atoms with van der Waals surface area (Å²) in [6.45, 7) is 1.42. The molecule has 162 valence electrons. The van der Waals surface area contributed by atoms with Gasteiger partial charge in [0.1, 0.15) is 6.54 Å². The third-order valence-electron chi connectivity index (χ3n) is 5.29. The van der Waals surface area contributed by atoms with Gasteiger partial charge in [-0.2, -0.15) is 0 Å². The van der Waals surface area contributed by atoms with Crippen molar-refractivity contribution in [3.8, 4) is 0 Å². The predicted molar refractivity (Wildman–Crippen MR) is 114 cm³/mol. The van der Waals surface area contributed by atoms with E-state index in [9.17, 15) is 14.4 Å². The topological polar surface area (TPSA) is 111 Å². The summed E-state index contributed by atoms with van der Waals surface area (Å²) in [6, 6.07) is 6.51. The maximum atomic E-state index is 12.8. The molecule has 0 atom stereocenters. The van der Waals surface area contributed by atoms with Gasteiger partial charge in [0.2, 0.25) is 11.6 Å². The van der Waals surface area contributed by atoms with Crippen LogP contribution in [0.4, 0.5) is 11.5 Å². The summed E-state index contributed by atoms with van der Waals surface area (Å²) in [4.78, 5) is 43.9. The Kier molecular flexibility index (Phi) is 5.96. The summed E-state index contributed by atoms with van der Waals surface area (Å²) in [5.74, 6) is -0.392. The number of fused-ring (bicyclic) bond motifs is 1. The van der Waals surface area contributed by atoms with Crippen molar-refractivity contribution in [3.63, 3.8) is 0 Å². The fourth-order valence-corrected chi connectivity index (χ4v) is 3.75. The molecule has 0 saturated carbocycles. The summed E-state index contributed by atoms with van der Waals surface area (Å²) in [7, 11) is 1.27. The fourth-order valence-electron chi connectivity index (χ4n) is 3.75. The molecule has 2 aromatic heterocycles. The highest BCUT2D eigenvalue weighted by molar-refractivity contribution is 6.01. The van der Waals surface area contributed by atoms with E-state index in [-0.39, 0.29) is 12.1 Å². The normalized spacial score (nSPS) is 14.3. The molecule has 0 spiro atoms. The summed E-state index contributed by atoms with van der Waals surface area (Å²) in [5.41, 5.74) is 0.540. The SMILES string of the molecule is COC(=O)c1ccccc1NC(=O)Cn1nc2c(N3CCCCCC3)nccn2c1=O. The van der Waals surface area contributed by atoms with Crippen LogP contribution < -0.4 is 15.9 Å². The van der Waals surface area contributed by atoms with E-state index in [1.807, 2.05) is 0 Å². The number of ether oxygens (including phenoxy) is 1. The highest BCUT2D eigenvalue weighted by Crippen LogP contribution is 2.20. The van der Waals surface area contributed by atoms with E-state index in [1.165, 1.54) is 24.4 Å². The van der Waals surface area contributed by atoms with E-state index in [1.54, 1.807) is 36.7 Å². The van der Waals surface area contributed by atoms with E-state index in [0.717, 1.165) is 30.6 Å². The Morgan fingerprint density at radius 2 is 1.87 bits per heavy atom. The van der Waals surface area contributed by atoms with Gasteiger partial charge < -0.3 is 15.0 Å². The van der Waals surface area contributed by atoms with E-state index in [4.69, 9.17) is 4.74 Å². The van der Waals surface area contributed by atoms with Crippen molar-refractivity contribution >= 4 is 29.0 Å². The zero-order chi connectivity index (χ0) is 21.8. The Balaban J connectivity index is 1.59. The number of nitrogens with one attached hydrogen (secondary N) is 1. The number of amides is 1. The van der Waals surface area contributed by atoms with Crippen LogP contribution in [0.2, 0.25) is 0 Å². The zero-order valence-electron chi connectivity index (χ0n) is 17.3. The molecule has 0 bridgehead atoms. The number of rotatable bonds is 5. The van der Waals surface area contributed by atoms with Crippen LogP contribution >= 0.6 is 0 Å². The first kappa shape index (κ1) is 20.6. The van der Waals surface area contributed by atoms with Crippen molar-refractivity contribution in [2.24, 2.45) is 0 Å². The number of esters is 1. The molecule has 0 aliphatic carbocycles. The molecule has 3 heterocycles. The van der Waals surface area contributed by atoms with Crippen molar-refractivity contribution in [3.05, 3.63) is 52.7 Å². The van der Waals surface area contributed by atoms with Crippen LogP contribution in [0.25, 0.3) is 5.65 Å². The lowest BCUT2D eigenvalue weighted by Crippen LogP contribution is -2.28. The number of carbonyl (C=O) groups excluding carboxylic acids is 2. The van der Waals surface area contributed by atoms with Crippen LogP contribution in [0.5, 0.6) is 0 Å². The van der Waals surface area contributed by atoms with Crippen molar-refractivity contribution in [1.29, 1.82) is 0 Å². The number of aromatic nitrogens is 4. The summed E-state index contributed by atoms with van der Waals surface area (Å²) in [5, 5.41) is 7.04. The smallest absolute Gasteiger partial charge is 0.350 e. The molecule has 10 heteroatoms. The first-order chi connectivity index (χ1) is 15.1. The molecule has 31 heavy (non-hydrogen) atoms. The lowest BCUT2D eigenvalue weighted by molar-refractivity contribution is -0.117. The van der Waals surface area contributed by atoms with Crippen LogP contribution in [0.1, 0.15) is 36.0 Å². The van der Waals surface area contributed by atoms with Crippen molar-refractivity contribution < 1.29 is 14.3 Å². The molecule has 0 radical (unpaired) electrons. The van der Waals surface area contributed by atoms with E-state index in [2.05, 4.69) is 20.3 Å². The highest BCUT2D eigenvalue weighted by atomic mass is 16.5. The number of carbonyl (C=O) groups is 2. The first-order valence-electron chi connectivity index (χ1n) is 10.2. The van der Waals surface area contributed by atoms with Gasteiger partial charge in [-0.05, 0) is 25.0 Å². The standard InChI is InChI=1S/C21H24N6O4/c1-31-20(29)15-8-4-5-9-16(15)23-17(28)14-27-21(30)26-13-10-22-18(19(26)24-27)25-11-6-2-3-7-12-25/h4-5,8-10,13H,2-3,6-7,11-12,14H2,1H3,(H,23,28). The molecule has 1 saturated heterocycles. The number of benzene rings is 1. The van der Waals surface area contributed by atoms with Crippen LogP contribution in [0, 0.1) is 0 Å². The zero-order valence-corrected chi connectivity index (χ0v) is 17.3. The Morgan fingerprint density at radius 3 is 2.61 bits per heavy atom. The number of nitrogens with zero attached hydrogens (tertiary/aromatic N) is 5. The second-order valence-electron chi connectivity index (χ2n) is 7.37. The second-order valence-corrected chi connectivity index (χ2v) is 7.37. The Bertz CT molecular complexity index is 1160. The number of hydrogen-bond donors (Lipinski definition) is 1. The monoisotopic (exact) mass is 424 g/mol. The molecular formula is C21H24N6O4. The van der Waals surface area contributed by atoms with E-state index >= 15 is 0 Å². The van der Waals surface area contributed by atoms with Crippen LogP contribution in [-0.4, -0.2) is 51.2 Å². The fraction of sp³-hybridized carbons (Fsp3) is 0.381. The van der Waals surface area contributed by atoms with Gasteiger partial charge in [0, 0.05) is 25.5 Å². The van der Waals surface area contributed by atoms with Gasteiger partial charge in [-0.1, -0.05) is 25.0 Å². The number of methoxy groups -OCH3 is 1. The summed E-state index contributed by atoms with van der Waals surface area (Å²) in [6.07, 6.45) is 7.60. The highest BCUT2D eigenvalue weighted by Gasteiger charge is 2.20. The minimum Gasteiger partial charge on any atom is -0.465 e. The average molecular weight is 424 g/mol. The van der Waals surface area contributed by atoms with Crippen molar-refractivity contribution in [2.75, 3.05) is 30.4 Å². The quantitative estimate of drug-likeness (QED) is 0.621. The Labute approximate surface area is 178 Å². The van der Waals surface area contributed by atoms with Crippen LogP contribution in [0.3, 0.4) is 0 Å².